The molecule has 8 heteroatoms. The molecule has 0 radical (unpaired) electrons. The van der Waals surface area contributed by atoms with Gasteiger partial charge < -0.3 is 23.8 Å². The van der Waals surface area contributed by atoms with Gasteiger partial charge in [0.1, 0.15) is 6.61 Å². The standard InChI is InChI=1S/C56H95NO7/c1-6-8-10-12-14-16-18-20-22-24-25-26-27-28-29-31-33-35-37-39-41-43-45-47-55(59)64-52(50-62-49-48-53(56(60)61)57(3,4)5)51-63-54(58)46-44-42-40-38-36-34-32-30-23-21-19-17-15-13-11-9-7-2/h8,10,14-17,20-23,25-26,28-29,52-53H,6-7,9,11-13,18-19,24,27,30-51H2,1-5H3/p+1/b10-8+,16-14+,17-15+,22-20+,23-21+,26-25+,29-28+. The maximum atomic E-state index is 12.8. The van der Waals surface area contributed by atoms with E-state index in [0.717, 1.165) is 96.3 Å². The van der Waals surface area contributed by atoms with Crippen molar-refractivity contribution in [1.29, 1.82) is 0 Å². The van der Waals surface area contributed by atoms with Gasteiger partial charge in [-0.15, -0.1) is 0 Å². The minimum atomic E-state index is -0.880. The van der Waals surface area contributed by atoms with Crippen molar-refractivity contribution in [1.82, 2.24) is 0 Å². The smallest absolute Gasteiger partial charge is 0.362 e. The predicted molar refractivity (Wildman–Crippen MR) is 270 cm³/mol. The Morgan fingerprint density at radius 1 is 0.484 bits per heavy atom. The second-order valence-corrected chi connectivity index (χ2v) is 18.0. The summed E-state index contributed by atoms with van der Waals surface area (Å²) in [6, 6.07) is -0.623. The fourth-order valence-electron chi connectivity index (χ4n) is 7.09. The number of esters is 2. The monoisotopic (exact) mass is 895 g/mol. The third-order valence-corrected chi connectivity index (χ3v) is 11.0. The Morgan fingerprint density at radius 2 is 0.875 bits per heavy atom. The highest BCUT2D eigenvalue weighted by Crippen LogP contribution is 2.14. The molecule has 366 valence electrons. The number of ether oxygens (including phenoxy) is 3. The molecule has 0 aromatic rings. The Kier molecular flexibility index (Phi) is 43.5. The first kappa shape index (κ1) is 60.5. The number of unbranched alkanes of at least 4 members (excludes halogenated alkanes) is 17. The molecular formula is C56H96NO7+. The number of likely N-dealkylation sites (N-methyl/N-ethyl adjacent to an activating group) is 1. The summed E-state index contributed by atoms with van der Waals surface area (Å²) in [6.07, 6.45) is 60.5. The maximum absolute atomic E-state index is 12.8. The molecule has 0 bridgehead atoms. The van der Waals surface area contributed by atoms with Crippen LogP contribution in [0.15, 0.2) is 85.1 Å². The van der Waals surface area contributed by atoms with Gasteiger partial charge in [0.05, 0.1) is 34.4 Å². The molecule has 0 aromatic carbocycles. The number of hydrogen-bond donors (Lipinski definition) is 1. The number of nitrogens with zero attached hydrogens (tertiary/aromatic N) is 1. The lowest BCUT2D eigenvalue weighted by atomic mass is 10.1. The van der Waals surface area contributed by atoms with Crippen molar-refractivity contribution in [2.75, 3.05) is 41.0 Å². The van der Waals surface area contributed by atoms with Crippen LogP contribution in [-0.2, 0) is 28.6 Å². The van der Waals surface area contributed by atoms with E-state index in [-0.39, 0.29) is 36.2 Å². The van der Waals surface area contributed by atoms with Crippen LogP contribution in [0.3, 0.4) is 0 Å². The molecule has 2 atom stereocenters. The van der Waals surface area contributed by atoms with E-state index in [1.54, 1.807) is 0 Å². The SMILES string of the molecule is CC/C=C/C/C=C/C/C=C/C/C=C/C/C=C/CCCCCCCCCC(=O)OC(COCCC(C(=O)O)[N+](C)(C)C)COC(=O)CCCCCCCCC/C=C/C/C=C/CCCCC. The topological polar surface area (TPSA) is 99.1 Å². The average Bonchev–Trinajstić information content (AvgIpc) is 3.26. The molecule has 0 amide bonds. The zero-order valence-corrected chi connectivity index (χ0v) is 41.7. The molecule has 0 rings (SSSR count). The number of aliphatic carboxylic acids is 1. The highest BCUT2D eigenvalue weighted by Gasteiger charge is 2.31. The van der Waals surface area contributed by atoms with Crippen LogP contribution >= 0.6 is 0 Å². The van der Waals surface area contributed by atoms with Crippen LogP contribution in [-0.4, -0.2) is 80.6 Å². The van der Waals surface area contributed by atoms with Gasteiger partial charge >= 0.3 is 17.9 Å². The minimum Gasteiger partial charge on any atom is -0.477 e. The summed E-state index contributed by atoms with van der Waals surface area (Å²) in [5.41, 5.74) is 0. The van der Waals surface area contributed by atoms with Crippen LogP contribution in [0.25, 0.3) is 0 Å². The molecule has 0 aliphatic carbocycles. The lowest BCUT2D eigenvalue weighted by Gasteiger charge is -2.31. The lowest BCUT2D eigenvalue weighted by Crippen LogP contribution is -2.50. The van der Waals surface area contributed by atoms with Gasteiger partial charge in [-0.05, 0) is 89.9 Å². The first-order chi connectivity index (χ1) is 31.1. The van der Waals surface area contributed by atoms with Crippen LogP contribution in [0, 0.1) is 0 Å². The molecular weight excluding hydrogens is 799 g/mol. The van der Waals surface area contributed by atoms with Gasteiger partial charge in [0.15, 0.2) is 12.1 Å². The van der Waals surface area contributed by atoms with E-state index in [2.05, 4.69) is 98.9 Å². The number of carbonyl (C=O) groups excluding carboxylic acids is 2. The van der Waals surface area contributed by atoms with Gasteiger partial charge in [0.25, 0.3) is 0 Å². The van der Waals surface area contributed by atoms with Crippen molar-refractivity contribution in [3.8, 4) is 0 Å². The van der Waals surface area contributed by atoms with Gasteiger partial charge in [-0.25, -0.2) is 4.79 Å². The molecule has 0 spiro atoms. The summed E-state index contributed by atoms with van der Waals surface area (Å²) in [5, 5.41) is 9.66. The number of carboxylic acids is 1. The van der Waals surface area contributed by atoms with Crippen LogP contribution in [0.5, 0.6) is 0 Å². The van der Waals surface area contributed by atoms with Crippen molar-refractivity contribution in [2.24, 2.45) is 0 Å². The molecule has 0 aliphatic heterocycles. The van der Waals surface area contributed by atoms with Crippen molar-refractivity contribution in [3.05, 3.63) is 85.1 Å². The van der Waals surface area contributed by atoms with Crippen LogP contribution in [0.1, 0.15) is 200 Å². The van der Waals surface area contributed by atoms with Crippen LogP contribution in [0.2, 0.25) is 0 Å². The average molecular weight is 895 g/mol. The van der Waals surface area contributed by atoms with E-state index in [9.17, 15) is 19.5 Å². The van der Waals surface area contributed by atoms with E-state index in [1.165, 1.54) is 70.6 Å². The largest absolute Gasteiger partial charge is 0.477 e. The lowest BCUT2D eigenvalue weighted by molar-refractivity contribution is -0.887. The van der Waals surface area contributed by atoms with E-state index in [0.29, 0.717) is 19.3 Å². The number of carboxylic acid groups (broad SMARTS) is 1. The molecule has 2 unspecified atom stereocenters. The molecule has 64 heavy (non-hydrogen) atoms. The Hall–Kier alpha value is -3.49. The quantitative estimate of drug-likeness (QED) is 0.0281. The predicted octanol–water partition coefficient (Wildman–Crippen LogP) is 14.9. The number of carbonyl (C=O) groups is 3. The molecule has 0 aromatic heterocycles. The fourth-order valence-corrected chi connectivity index (χ4v) is 7.09. The van der Waals surface area contributed by atoms with Crippen LogP contribution < -0.4 is 0 Å². The Morgan fingerprint density at radius 3 is 1.30 bits per heavy atom. The summed E-state index contributed by atoms with van der Waals surface area (Å²) in [5.74, 6) is -1.50. The molecule has 0 heterocycles. The summed E-state index contributed by atoms with van der Waals surface area (Å²) >= 11 is 0. The molecule has 0 saturated carbocycles. The van der Waals surface area contributed by atoms with Gasteiger partial charge in [-0.3, -0.25) is 9.59 Å². The van der Waals surface area contributed by atoms with Crippen molar-refractivity contribution in [3.63, 3.8) is 0 Å². The van der Waals surface area contributed by atoms with E-state index < -0.39 is 18.1 Å². The number of quaternary nitrogens is 1. The summed E-state index contributed by atoms with van der Waals surface area (Å²) in [4.78, 5) is 37.2. The van der Waals surface area contributed by atoms with E-state index >= 15 is 0 Å². The van der Waals surface area contributed by atoms with E-state index in [4.69, 9.17) is 14.2 Å². The van der Waals surface area contributed by atoms with E-state index in [1.807, 2.05) is 21.1 Å². The van der Waals surface area contributed by atoms with Crippen LogP contribution in [0.4, 0.5) is 0 Å². The molecule has 0 fully saturated rings. The van der Waals surface area contributed by atoms with Crippen molar-refractivity contribution < 1.29 is 38.2 Å². The first-order valence-electron chi connectivity index (χ1n) is 25.6. The minimum absolute atomic E-state index is 0.0497. The molecule has 0 aliphatic rings. The Balaban J connectivity index is 4.30. The summed E-state index contributed by atoms with van der Waals surface area (Å²) < 4.78 is 17.3. The Bertz CT molecular complexity index is 1320. The third-order valence-electron chi connectivity index (χ3n) is 11.0. The molecule has 8 nitrogen and oxygen atoms in total. The molecule has 0 saturated heterocycles. The van der Waals surface area contributed by atoms with Crippen molar-refractivity contribution in [2.45, 2.75) is 212 Å². The number of hydrogen-bond acceptors (Lipinski definition) is 6. The van der Waals surface area contributed by atoms with Gasteiger partial charge in [-0.2, -0.15) is 0 Å². The van der Waals surface area contributed by atoms with Gasteiger partial charge in [0, 0.05) is 19.3 Å². The zero-order valence-electron chi connectivity index (χ0n) is 41.7. The second-order valence-electron chi connectivity index (χ2n) is 18.0. The summed E-state index contributed by atoms with van der Waals surface area (Å²) in [6.45, 7) is 4.58. The molecule has 1 N–H and O–H groups in total. The second kappa shape index (κ2) is 46.1. The fraction of sp³-hybridized carbons (Fsp3) is 0.696. The van der Waals surface area contributed by atoms with Gasteiger partial charge in [0.2, 0.25) is 0 Å². The summed E-state index contributed by atoms with van der Waals surface area (Å²) in [7, 11) is 5.52. The zero-order chi connectivity index (χ0) is 47.0. The number of rotatable bonds is 45. The number of allylic oxidation sites excluding steroid dienone is 14. The first-order valence-corrected chi connectivity index (χ1v) is 25.6. The van der Waals surface area contributed by atoms with Crippen molar-refractivity contribution >= 4 is 17.9 Å². The Labute approximate surface area is 393 Å². The normalized spacial score (nSPS) is 13.6. The highest BCUT2D eigenvalue weighted by atomic mass is 16.6. The third kappa shape index (κ3) is 43.7. The van der Waals surface area contributed by atoms with Gasteiger partial charge in [-0.1, -0.05) is 176 Å². The highest BCUT2D eigenvalue weighted by molar-refractivity contribution is 5.72. The maximum Gasteiger partial charge on any atom is 0.362 e.